The van der Waals surface area contributed by atoms with Gasteiger partial charge in [-0.2, -0.15) is 0 Å². The molecule has 32 heavy (non-hydrogen) atoms. The largest absolute Gasteiger partial charge is 0.354 e. The molecule has 2 aliphatic rings. The number of carbonyl (C=O) groups excluding carboxylic acids is 3. The summed E-state index contributed by atoms with van der Waals surface area (Å²) in [5, 5.41) is 5.82. The number of hydrogen-bond donors (Lipinski definition) is 3. The van der Waals surface area contributed by atoms with Gasteiger partial charge >= 0.3 is 0 Å². The van der Waals surface area contributed by atoms with Crippen LogP contribution in [0.5, 0.6) is 0 Å². The van der Waals surface area contributed by atoms with Gasteiger partial charge in [-0.25, -0.2) is 4.98 Å². The molecule has 0 radical (unpaired) electrons. The van der Waals surface area contributed by atoms with Crippen LogP contribution in [-0.4, -0.2) is 33.1 Å². The molecule has 0 aromatic carbocycles. The van der Waals surface area contributed by atoms with E-state index >= 15 is 0 Å². The second-order valence-corrected chi connectivity index (χ2v) is 8.72. The number of hydrogen-bond acceptors (Lipinski definition) is 4. The molecule has 0 saturated heterocycles. The molecule has 1 saturated carbocycles. The number of H-pyrrole nitrogens is 1. The van der Waals surface area contributed by atoms with Crippen molar-refractivity contribution in [2.24, 2.45) is 0 Å². The van der Waals surface area contributed by atoms with E-state index in [2.05, 4.69) is 32.4 Å². The zero-order valence-corrected chi connectivity index (χ0v) is 18.6. The maximum absolute atomic E-state index is 13.2. The average Bonchev–Trinajstić information content (AvgIpc) is 3.11. The third-order valence-electron chi connectivity index (χ3n) is 6.24. The van der Waals surface area contributed by atoms with Crippen LogP contribution in [0.3, 0.4) is 0 Å². The molecule has 7 heteroatoms. The summed E-state index contributed by atoms with van der Waals surface area (Å²) in [6.45, 7) is 3.28. The van der Waals surface area contributed by atoms with Crippen LogP contribution in [0.4, 0.5) is 5.82 Å². The minimum atomic E-state index is -0.617. The van der Waals surface area contributed by atoms with Crippen LogP contribution < -0.4 is 10.6 Å². The molecule has 1 fully saturated rings. The summed E-state index contributed by atoms with van der Waals surface area (Å²) in [6, 6.07) is 3.51. The number of Topliss-reactive ketones (excluding diaryl/α,β-unsaturated/α-hetero) is 1. The number of ketones is 1. The molecule has 0 atom stereocenters. The predicted molar refractivity (Wildman–Crippen MR) is 121 cm³/mol. The van der Waals surface area contributed by atoms with Crippen LogP contribution in [0, 0.1) is 18.8 Å². The molecule has 0 spiro atoms. The van der Waals surface area contributed by atoms with Gasteiger partial charge in [0.15, 0.2) is 5.78 Å². The summed E-state index contributed by atoms with van der Waals surface area (Å²) in [5.41, 5.74) is 2.87. The summed E-state index contributed by atoms with van der Waals surface area (Å²) < 4.78 is 0. The highest BCUT2D eigenvalue weighted by Crippen LogP contribution is 2.30. The Labute approximate surface area is 187 Å². The van der Waals surface area contributed by atoms with Crippen LogP contribution in [0.2, 0.25) is 0 Å². The molecule has 166 valence electrons. The fourth-order valence-electron chi connectivity index (χ4n) is 4.63. The molecule has 3 N–H and O–H groups in total. The van der Waals surface area contributed by atoms with E-state index in [4.69, 9.17) is 0 Å². The standard InChI is InChI=1S/C25H28N4O3/c1-16-22-19(7-6-8-20(22)31)28-23(16)24(32)29-25(12-4-3-5-13-25)14-11-18-9-10-21(26-15-18)27-17(2)30/h9-10,15,28H,3-8,12-13H2,1-2H3,(H,29,32)(H,26,27,30). The molecule has 0 aliphatic heterocycles. The fraction of sp³-hybridized carbons (Fsp3) is 0.440. The Hall–Kier alpha value is -3.40. The quantitative estimate of drug-likeness (QED) is 0.644. The number of aromatic amines is 1. The smallest absolute Gasteiger partial charge is 0.269 e. The van der Waals surface area contributed by atoms with Crippen LogP contribution in [0.15, 0.2) is 18.3 Å². The Morgan fingerprint density at radius 3 is 2.56 bits per heavy atom. The lowest BCUT2D eigenvalue weighted by Crippen LogP contribution is -2.49. The van der Waals surface area contributed by atoms with Crippen LogP contribution in [0.25, 0.3) is 0 Å². The normalized spacial score (nSPS) is 17.0. The van der Waals surface area contributed by atoms with Crippen molar-refractivity contribution >= 4 is 23.4 Å². The van der Waals surface area contributed by atoms with Crippen LogP contribution in [-0.2, 0) is 11.2 Å². The maximum atomic E-state index is 13.2. The summed E-state index contributed by atoms with van der Waals surface area (Å²) in [5.74, 6) is 6.67. The minimum Gasteiger partial charge on any atom is -0.354 e. The summed E-state index contributed by atoms with van der Waals surface area (Å²) in [6.07, 6.45) is 8.43. The van der Waals surface area contributed by atoms with Gasteiger partial charge in [-0.3, -0.25) is 14.4 Å². The molecule has 7 nitrogen and oxygen atoms in total. The molecule has 0 bridgehead atoms. The second-order valence-electron chi connectivity index (χ2n) is 8.72. The lowest BCUT2D eigenvalue weighted by molar-refractivity contribution is -0.114. The summed E-state index contributed by atoms with van der Waals surface area (Å²) >= 11 is 0. The zero-order valence-electron chi connectivity index (χ0n) is 18.6. The van der Waals surface area contributed by atoms with Crippen molar-refractivity contribution in [3.05, 3.63) is 46.4 Å². The number of rotatable bonds is 3. The van der Waals surface area contributed by atoms with Gasteiger partial charge in [-0.05, 0) is 50.3 Å². The first-order valence-corrected chi connectivity index (χ1v) is 11.2. The average molecular weight is 433 g/mol. The number of nitrogens with one attached hydrogen (secondary N) is 3. The molecular weight excluding hydrogens is 404 g/mol. The van der Waals surface area contributed by atoms with Crippen molar-refractivity contribution in [3.8, 4) is 11.8 Å². The molecule has 2 aliphatic carbocycles. The van der Waals surface area contributed by atoms with Crippen molar-refractivity contribution in [2.45, 2.75) is 70.8 Å². The van der Waals surface area contributed by atoms with Gasteiger partial charge in [0, 0.05) is 36.4 Å². The molecule has 2 amide bonds. The van der Waals surface area contributed by atoms with E-state index in [-0.39, 0.29) is 17.6 Å². The van der Waals surface area contributed by atoms with Gasteiger partial charge in [-0.15, -0.1) is 0 Å². The molecule has 0 unspecified atom stereocenters. The lowest BCUT2D eigenvalue weighted by atomic mass is 9.81. The Morgan fingerprint density at radius 2 is 1.91 bits per heavy atom. The molecular formula is C25H28N4O3. The second kappa shape index (κ2) is 8.99. The van der Waals surface area contributed by atoms with Crippen molar-refractivity contribution < 1.29 is 14.4 Å². The number of fused-ring (bicyclic) bond motifs is 1. The molecule has 2 aromatic heterocycles. The first-order valence-electron chi connectivity index (χ1n) is 11.2. The topological polar surface area (TPSA) is 104 Å². The Bertz CT molecular complexity index is 1110. The van der Waals surface area contributed by atoms with Crippen LogP contribution >= 0.6 is 0 Å². The minimum absolute atomic E-state index is 0.112. The Morgan fingerprint density at radius 1 is 1.12 bits per heavy atom. The number of aryl methyl sites for hydroxylation is 1. The Kier molecular flexibility index (Phi) is 6.13. The van der Waals surface area contributed by atoms with Gasteiger partial charge in [-0.1, -0.05) is 31.1 Å². The Balaban J connectivity index is 1.57. The summed E-state index contributed by atoms with van der Waals surface area (Å²) in [4.78, 5) is 44.2. The van der Waals surface area contributed by atoms with Crippen molar-refractivity contribution in [3.63, 3.8) is 0 Å². The van der Waals surface area contributed by atoms with Gasteiger partial charge in [0.1, 0.15) is 17.1 Å². The fourth-order valence-corrected chi connectivity index (χ4v) is 4.63. The van der Waals surface area contributed by atoms with Gasteiger partial charge < -0.3 is 15.6 Å². The number of nitrogens with zero attached hydrogens (tertiary/aromatic N) is 1. The highest BCUT2D eigenvalue weighted by Gasteiger charge is 2.34. The maximum Gasteiger partial charge on any atom is 0.269 e. The van der Waals surface area contributed by atoms with Crippen molar-refractivity contribution in [1.82, 2.24) is 15.3 Å². The molecule has 4 rings (SSSR count). The number of aromatic nitrogens is 2. The van der Waals surface area contributed by atoms with E-state index in [0.29, 0.717) is 23.5 Å². The van der Waals surface area contributed by atoms with E-state index in [1.807, 2.05) is 6.92 Å². The summed E-state index contributed by atoms with van der Waals surface area (Å²) in [7, 11) is 0. The number of pyridine rings is 1. The van der Waals surface area contributed by atoms with E-state index in [0.717, 1.165) is 61.8 Å². The first kappa shape index (κ1) is 21.8. The first-order chi connectivity index (χ1) is 15.4. The number of carbonyl (C=O) groups is 3. The van der Waals surface area contributed by atoms with Crippen LogP contribution in [0.1, 0.15) is 89.5 Å². The van der Waals surface area contributed by atoms with E-state index < -0.39 is 5.54 Å². The number of amides is 2. The molecule has 2 heterocycles. The van der Waals surface area contributed by atoms with E-state index in [9.17, 15) is 14.4 Å². The highest BCUT2D eigenvalue weighted by atomic mass is 16.2. The van der Waals surface area contributed by atoms with Crippen molar-refractivity contribution in [2.75, 3.05) is 5.32 Å². The monoisotopic (exact) mass is 432 g/mol. The SMILES string of the molecule is CC(=O)Nc1ccc(C#CC2(NC(=O)c3[nH]c4c(c3C)C(=O)CCC4)CCCCC2)cn1. The van der Waals surface area contributed by atoms with Gasteiger partial charge in [0.2, 0.25) is 5.91 Å². The lowest BCUT2D eigenvalue weighted by Gasteiger charge is -2.33. The zero-order chi connectivity index (χ0) is 22.7. The highest BCUT2D eigenvalue weighted by molar-refractivity contribution is 6.04. The molecule has 2 aromatic rings. The van der Waals surface area contributed by atoms with E-state index in [1.165, 1.54) is 6.92 Å². The van der Waals surface area contributed by atoms with Gasteiger partial charge in [0.25, 0.3) is 5.91 Å². The third kappa shape index (κ3) is 4.59. The third-order valence-corrected chi connectivity index (χ3v) is 6.24. The number of anilines is 1. The van der Waals surface area contributed by atoms with E-state index in [1.54, 1.807) is 18.3 Å². The van der Waals surface area contributed by atoms with Crippen molar-refractivity contribution in [1.29, 1.82) is 0 Å². The predicted octanol–water partition coefficient (Wildman–Crippen LogP) is 3.68. The van der Waals surface area contributed by atoms with Gasteiger partial charge in [0.05, 0.1) is 0 Å².